The summed E-state index contributed by atoms with van der Waals surface area (Å²) in [7, 11) is 1.76. The van der Waals surface area contributed by atoms with Gasteiger partial charge in [0.25, 0.3) is 0 Å². The molecule has 0 aliphatic heterocycles. The molecule has 0 aromatic heterocycles. The summed E-state index contributed by atoms with van der Waals surface area (Å²) < 4.78 is 21.8. The van der Waals surface area contributed by atoms with E-state index in [4.69, 9.17) is 29.2 Å². The van der Waals surface area contributed by atoms with E-state index in [2.05, 4.69) is 6.92 Å². The molecule has 0 amide bonds. The molecule has 2 unspecified atom stereocenters. The van der Waals surface area contributed by atoms with Crippen LogP contribution >= 0.6 is 0 Å². The Hall–Kier alpha value is -0.240. The third-order valence-electron chi connectivity index (χ3n) is 6.28. The van der Waals surface area contributed by atoms with Crippen molar-refractivity contribution in [3.05, 3.63) is 0 Å². The summed E-state index contributed by atoms with van der Waals surface area (Å²) in [5, 5.41) is 17.8. The van der Waals surface area contributed by atoms with Crippen molar-refractivity contribution < 1.29 is 29.2 Å². The van der Waals surface area contributed by atoms with E-state index in [1.54, 1.807) is 7.11 Å². The Kier molecular flexibility index (Phi) is 28.8. The highest BCUT2D eigenvalue weighted by atomic mass is 16.6. The Labute approximate surface area is 211 Å². The van der Waals surface area contributed by atoms with Gasteiger partial charge in [0.2, 0.25) is 0 Å². The molecule has 34 heavy (non-hydrogen) atoms. The predicted molar refractivity (Wildman–Crippen MR) is 141 cm³/mol. The monoisotopic (exact) mass is 490 g/mol. The van der Waals surface area contributed by atoms with Crippen LogP contribution in [0.4, 0.5) is 0 Å². The average Bonchev–Trinajstić information content (AvgIpc) is 2.85. The first-order valence-electron chi connectivity index (χ1n) is 14.3. The fourth-order valence-electron chi connectivity index (χ4n) is 4.01. The lowest BCUT2D eigenvalue weighted by Crippen LogP contribution is -2.21. The second-order valence-electron chi connectivity index (χ2n) is 9.55. The molecule has 0 aromatic rings. The Bertz CT molecular complexity index is 369. The molecule has 0 spiro atoms. The standard InChI is InChI=1S/C28H58O6/c1-3-4-5-6-7-8-9-10-11-12-13-14-15-16-17-18-19-28(31-2)26-34-23-21-32-20-22-33-25-27(30)24-29/h27-30H,3-26H2,1-2H3. The maximum Gasteiger partial charge on any atom is 0.100 e. The van der Waals surface area contributed by atoms with Crippen molar-refractivity contribution in [1.82, 2.24) is 0 Å². The van der Waals surface area contributed by atoms with E-state index in [-0.39, 0.29) is 19.3 Å². The van der Waals surface area contributed by atoms with Gasteiger partial charge in [0.05, 0.1) is 52.4 Å². The first kappa shape index (κ1) is 33.8. The number of methoxy groups -OCH3 is 1. The Morgan fingerprint density at radius 2 is 0.971 bits per heavy atom. The minimum atomic E-state index is -0.816. The molecule has 0 saturated heterocycles. The van der Waals surface area contributed by atoms with Gasteiger partial charge in [0.1, 0.15) is 6.10 Å². The van der Waals surface area contributed by atoms with Crippen molar-refractivity contribution in [2.75, 3.05) is 53.4 Å². The molecule has 0 heterocycles. The molecule has 0 bridgehead atoms. The van der Waals surface area contributed by atoms with E-state index in [0.717, 1.165) is 6.42 Å². The van der Waals surface area contributed by atoms with E-state index in [9.17, 15) is 0 Å². The number of hydrogen-bond donors (Lipinski definition) is 2. The SMILES string of the molecule is CCCCCCCCCCCCCCCCCCC(COCCOCCOCC(O)CO)OC. The van der Waals surface area contributed by atoms with Gasteiger partial charge < -0.3 is 29.2 Å². The fraction of sp³-hybridized carbons (Fsp3) is 1.00. The van der Waals surface area contributed by atoms with Crippen molar-refractivity contribution in [3.8, 4) is 0 Å². The number of aliphatic hydroxyl groups is 2. The molecule has 2 atom stereocenters. The van der Waals surface area contributed by atoms with Crippen molar-refractivity contribution >= 4 is 0 Å². The van der Waals surface area contributed by atoms with Crippen LogP contribution in [0.1, 0.15) is 116 Å². The lowest BCUT2D eigenvalue weighted by atomic mass is 10.0. The van der Waals surface area contributed by atoms with E-state index < -0.39 is 6.10 Å². The van der Waals surface area contributed by atoms with Gasteiger partial charge in [-0.3, -0.25) is 0 Å². The largest absolute Gasteiger partial charge is 0.394 e. The highest BCUT2D eigenvalue weighted by Crippen LogP contribution is 2.14. The van der Waals surface area contributed by atoms with Crippen LogP contribution in [0, 0.1) is 0 Å². The Balaban J connectivity index is 3.28. The zero-order valence-electron chi connectivity index (χ0n) is 22.7. The second kappa shape index (κ2) is 29.0. The molecule has 6 nitrogen and oxygen atoms in total. The van der Waals surface area contributed by atoms with Gasteiger partial charge in [-0.2, -0.15) is 0 Å². The quantitative estimate of drug-likeness (QED) is 0.124. The van der Waals surface area contributed by atoms with Gasteiger partial charge in [-0.25, -0.2) is 0 Å². The van der Waals surface area contributed by atoms with Gasteiger partial charge in [0, 0.05) is 7.11 Å². The number of aliphatic hydroxyl groups excluding tert-OH is 2. The van der Waals surface area contributed by atoms with E-state index in [0.29, 0.717) is 33.0 Å². The van der Waals surface area contributed by atoms with Crippen LogP contribution in [-0.4, -0.2) is 75.8 Å². The third-order valence-corrected chi connectivity index (χ3v) is 6.28. The third kappa shape index (κ3) is 26.4. The highest BCUT2D eigenvalue weighted by Gasteiger charge is 2.07. The first-order valence-corrected chi connectivity index (χ1v) is 14.3. The van der Waals surface area contributed by atoms with Crippen molar-refractivity contribution in [1.29, 1.82) is 0 Å². The lowest BCUT2D eigenvalue weighted by Gasteiger charge is -2.15. The zero-order chi connectivity index (χ0) is 25.0. The summed E-state index contributed by atoms with van der Waals surface area (Å²) >= 11 is 0. The smallest absolute Gasteiger partial charge is 0.100 e. The Morgan fingerprint density at radius 1 is 0.559 bits per heavy atom. The molecule has 0 fully saturated rings. The molecule has 0 aliphatic carbocycles. The second-order valence-corrected chi connectivity index (χ2v) is 9.55. The molecule has 0 rings (SSSR count). The summed E-state index contributed by atoms with van der Waals surface area (Å²) in [5.41, 5.74) is 0. The van der Waals surface area contributed by atoms with Crippen molar-refractivity contribution in [2.24, 2.45) is 0 Å². The van der Waals surface area contributed by atoms with E-state index in [1.165, 1.54) is 103 Å². The number of unbranched alkanes of at least 4 members (excludes halogenated alkanes) is 15. The summed E-state index contributed by atoms with van der Waals surface area (Å²) in [6.45, 7) is 4.65. The van der Waals surface area contributed by atoms with Crippen LogP contribution < -0.4 is 0 Å². The topological polar surface area (TPSA) is 77.4 Å². The molecule has 2 N–H and O–H groups in total. The maximum absolute atomic E-state index is 9.15. The number of rotatable bonds is 29. The molecule has 0 radical (unpaired) electrons. The minimum absolute atomic E-state index is 0.130. The lowest BCUT2D eigenvalue weighted by molar-refractivity contribution is -0.0359. The van der Waals surface area contributed by atoms with Crippen LogP contribution in [0.15, 0.2) is 0 Å². The van der Waals surface area contributed by atoms with Gasteiger partial charge in [-0.15, -0.1) is 0 Å². The van der Waals surface area contributed by atoms with Crippen LogP contribution in [0.5, 0.6) is 0 Å². The van der Waals surface area contributed by atoms with Crippen LogP contribution in [0.2, 0.25) is 0 Å². The zero-order valence-corrected chi connectivity index (χ0v) is 22.7. The fourth-order valence-corrected chi connectivity index (χ4v) is 4.01. The summed E-state index contributed by atoms with van der Waals surface area (Å²) in [6, 6.07) is 0. The maximum atomic E-state index is 9.15. The van der Waals surface area contributed by atoms with E-state index in [1.807, 2.05) is 0 Å². The molecule has 0 saturated carbocycles. The highest BCUT2D eigenvalue weighted by molar-refractivity contribution is 4.57. The average molecular weight is 491 g/mol. The molecular formula is C28H58O6. The summed E-state index contributed by atoms with van der Waals surface area (Å²) in [6.07, 6.45) is 22.6. The van der Waals surface area contributed by atoms with Crippen LogP contribution in [0.3, 0.4) is 0 Å². The molecule has 6 heteroatoms. The number of hydrogen-bond acceptors (Lipinski definition) is 6. The van der Waals surface area contributed by atoms with Crippen LogP contribution in [-0.2, 0) is 18.9 Å². The molecule has 0 aliphatic rings. The van der Waals surface area contributed by atoms with Gasteiger partial charge in [0.15, 0.2) is 0 Å². The first-order chi connectivity index (χ1) is 16.7. The van der Waals surface area contributed by atoms with Gasteiger partial charge >= 0.3 is 0 Å². The normalized spacial score (nSPS) is 13.4. The summed E-state index contributed by atoms with van der Waals surface area (Å²) in [5.74, 6) is 0. The van der Waals surface area contributed by atoms with E-state index >= 15 is 0 Å². The van der Waals surface area contributed by atoms with Crippen molar-refractivity contribution in [3.63, 3.8) is 0 Å². The molecule has 206 valence electrons. The molecule has 0 aromatic carbocycles. The number of ether oxygens (including phenoxy) is 4. The van der Waals surface area contributed by atoms with Gasteiger partial charge in [-0.1, -0.05) is 110 Å². The Morgan fingerprint density at radius 3 is 1.41 bits per heavy atom. The predicted octanol–water partition coefficient (Wildman–Crippen LogP) is 6.06. The molecular weight excluding hydrogens is 432 g/mol. The van der Waals surface area contributed by atoms with Crippen LogP contribution in [0.25, 0.3) is 0 Å². The van der Waals surface area contributed by atoms with Gasteiger partial charge in [-0.05, 0) is 6.42 Å². The minimum Gasteiger partial charge on any atom is -0.394 e. The van der Waals surface area contributed by atoms with Crippen molar-refractivity contribution in [2.45, 2.75) is 128 Å². The summed E-state index contributed by atoms with van der Waals surface area (Å²) in [4.78, 5) is 0.